The molecule has 26 heavy (non-hydrogen) atoms. The van der Waals surface area contributed by atoms with Crippen molar-refractivity contribution in [2.24, 2.45) is 0 Å². The van der Waals surface area contributed by atoms with E-state index in [4.69, 9.17) is 11.6 Å². The van der Waals surface area contributed by atoms with Gasteiger partial charge in [-0.2, -0.15) is 4.31 Å². The number of halogens is 1. The lowest BCUT2D eigenvalue weighted by Crippen LogP contribution is -2.44. The van der Waals surface area contributed by atoms with Gasteiger partial charge < -0.3 is 4.90 Å². The predicted octanol–water partition coefficient (Wildman–Crippen LogP) is 3.08. The van der Waals surface area contributed by atoms with Crippen LogP contribution in [0.5, 0.6) is 0 Å². The first kappa shape index (κ1) is 18.9. The first-order valence-corrected chi connectivity index (χ1v) is 10.6. The van der Waals surface area contributed by atoms with E-state index in [1.54, 1.807) is 29.2 Å². The van der Waals surface area contributed by atoms with Crippen molar-refractivity contribution in [3.63, 3.8) is 0 Å². The number of fused-ring (bicyclic) bond motifs is 1. The number of hydrogen-bond donors (Lipinski definition) is 0. The standard InChI is InChI=1S/C19H21ClN2O3S/c1-14-11-16-5-3-4-6-18(16)22(14)19(23)13-21(26(2,24)25)12-15-7-9-17(20)10-8-15/h3-10,14H,11-13H2,1-2H3/t14-/m0/s1. The molecule has 0 fully saturated rings. The summed E-state index contributed by atoms with van der Waals surface area (Å²) in [6.07, 6.45) is 1.90. The van der Waals surface area contributed by atoms with Crippen molar-refractivity contribution < 1.29 is 13.2 Å². The highest BCUT2D eigenvalue weighted by Gasteiger charge is 2.32. The van der Waals surface area contributed by atoms with Gasteiger partial charge in [0.1, 0.15) is 0 Å². The number of benzene rings is 2. The highest BCUT2D eigenvalue weighted by molar-refractivity contribution is 7.88. The topological polar surface area (TPSA) is 57.7 Å². The van der Waals surface area contributed by atoms with Crippen molar-refractivity contribution in [3.05, 3.63) is 64.7 Å². The van der Waals surface area contributed by atoms with Crippen molar-refractivity contribution in [2.75, 3.05) is 17.7 Å². The molecule has 0 saturated heterocycles. The summed E-state index contributed by atoms with van der Waals surface area (Å²) in [5.41, 5.74) is 2.75. The lowest BCUT2D eigenvalue weighted by atomic mass is 10.1. The van der Waals surface area contributed by atoms with Gasteiger partial charge in [-0.05, 0) is 42.7 Å². The molecule has 3 rings (SSSR count). The van der Waals surface area contributed by atoms with E-state index in [-0.39, 0.29) is 25.0 Å². The number of sulfonamides is 1. The zero-order valence-corrected chi connectivity index (χ0v) is 16.3. The van der Waals surface area contributed by atoms with Crippen molar-refractivity contribution in [2.45, 2.75) is 25.9 Å². The first-order valence-electron chi connectivity index (χ1n) is 8.35. The van der Waals surface area contributed by atoms with Crippen LogP contribution in [0.3, 0.4) is 0 Å². The number of amides is 1. The Bertz CT molecular complexity index is 913. The summed E-state index contributed by atoms with van der Waals surface area (Å²) in [5.74, 6) is -0.221. The number of carbonyl (C=O) groups excluding carboxylic acids is 1. The van der Waals surface area contributed by atoms with Crippen LogP contribution in [0, 0.1) is 0 Å². The zero-order chi connectivity index (χ0) is 18.9. The van der Waals surface area contributed by atoms with Gasteiger partial charge in [-0.3, -0.25) is 4.79 Å². The summed E-state index contributed by atoms with van der Waals surface area (Å²) in [5, 5.41) is 0.582. The lowest BCUT2D eigenvalue weighted by Gasteiger charge is -2.26. The van der Waals surface area contributed by atoms with E-state index in [2.05, 4.69) is 0 Å². The van der Waals surface area contributed by atoms with Crippen molar-refractivity contribution in [3.8, 4) is 0 Å². The number of carbonyl (C=O) groups is 1. The van der Waals surface area contributed by atoms with Crippen LogP contribution in [0.4, 0.5) is 5.69 Å². The van der Waals surface area contributed by atoms with E-state index in [1.807, 2.05) is 31.2 Å². The van der Waals surface area contributed by atoms with E-state index in [9.17, 15) is 13.2 Å². The molecule has 0 radical (unpaired) electrons. The molecule has 5 nitrogen and oxygen atoms in total. The Morgan fingerprint density at radius 3 is 2.50 bits per heavy atom. The van der Waals surface area contributed by atoms with E-state index in [0.29, 0.717) is 5.02 Å². The van der Waals surface area contributed by atoms with Crippen molar-refractivity contribution >= 4 is 33.2 Å². The highest BCUT2D eigenvalue weighted by atomic mass is 35.5. The normalized spacial score (nSPS) is 16.8. The average Bonchev–Trinajstić information content (AvgIpc) is 2.91. The molecule has 1 heterocycles. The Morgan fingerprint density at radius 1 is 1.19 bits per heavy atom. The monoisotopic (exact) mass is 392 g/mol. The number of rotatable bonds is 5. The van der Waals surface area contributed by atoms with Crippen LogP contribution >= 0.6 is 11.6 Å². The van der Waals surface area contributed by atoms with Crippen LogP contribution in [-0.2, 0) is 27.8 Å². The molecule has 0 unspecified atom stereocenters. The van der Waals surface area contributed by atoms with Gasteiger partial charge in [0, 0.05) is 23.3 Å². The SMILES string of the molecule is C[C@H]1Cc2ccccc2N1C(=O)CN(Cc1ccc(Cl)cc1)S(C)(=O)=O. The van der Waals surface area contributed by atoms with Crippen LogP contribution in [0.1, 0.15) is 18.1 Å². The largest absolute Gasteiger partial charge is 0.308 e. The fourth-order valence-corrected chi connectivity index (χ4v) is 4.11. The smallest absolute Gasteiger partial charge is 0.242 e. The summed E-state index contributed by atoms with van der Waals surface area (Å²) in [4.78, 5) is 14.6. The second-order valence-corrected chi connectivity index (χ2v) is 9.02. The Morgan fingerprint density at radius 2 is 1.85 bits per heavy atom. The Labute approximate surface area is 159 Å². The second kappa shape index (κ2) is 7.39. The summed E-state index contributed by atoms with van der Waals surface area (Å²) < 4.78 is 25.6. The maximum absolute atomic E-state index is 12.9. The molecule has 0 saturated carbocycles. The third kappa shape index (κ3) is 4.09. The second-order valence-electron chi connectivity index (χ2n) is 6.60. The summed E-state index contributed by atoms with van der Waals surface area (Å²) in [6, 6.07) is 14.7. The van der Waals surface area contributed by atoms with Crippen LogP contribution < -0.4 is 4.90 Å². The molecule has 0 aliphatic carbocycles. The van der Waals surface area contributed by atoms with Gasteiger partial charge in [-0.15, -0.1) is 0 Å². The minimum absolute atomic E-state index is 0.0110. The molecule has 2 aromatic carbocycles. The molecule has 0 aromatic heterocycles. The molecule has 0 spiro atoms. The Hall–Kier alpha value is -1.89. The van der Waals surface area contributed by atoms with Crippen LogP contribution in [0.2, 0.25) is 5.02 Å². The van der Waals surface area contributed by atoms with Gasteiger partial charge in [0.2, 0.25) is 15.9 Å². The third-order valence-corrected chi connectivity index (χ3v) is 5.98. The molecule has 1 aliphatic heterocycles. The van der Waals surface area contributed by atoms with Gasteiger partial charge >= 0.3 is 0 Å². The Balaban J connectivity index is 1.81. The van der Waals surface area contributed by atoms with E-state index >= 15 is 0 Å². The molecule has 1 atom stereocenters. The molecule has 2 aromatic rings. The predicted molar refractivity (Wildman–Crippen MR) is 104 cm³/mol. The number of hydrogen-bond acceptors (Lipinski definition) is 3. The molecule has 7 heteroatoms. The van der Waals surface area contributed by atoms with Gasteiger partial charge in [0.05, 0.1) is 12.8 Å². The molecular formula is C19H21ClN2O3S. The van der Waals surface area contributed by atoms with Gasteiger partial charge in [-0.25, -0.2) is 8.42 Å². The number of nitrogens with zero attached hydrogens (tertiary/aromatic N) is 2. The zero-order valence-electron chi connectivity index (χ0n) is 14.7. The van der Waals surface area contributed by atoms with Gasteiger partial charge in [-0.1, -0.05) is 41.9 Å². The molecule has 0 bridgehead atoms. The summed E-state index contributed by atoms with van der Waals surface area (Å²) in [6.45, 7) is 1.91. The van der Waals surface area contributed by atoms with E-state index in [1.165, 1.54) is 4.31 Å². The number of para-hydroxylation sites is 1. The molecule has 0 N–H and O–H groups in total. The van der Waals surface area contributed by atoms with Gasteiger partial charge in [0.15, 0.2) is 0 Å². The summed E-state index contributed by atoms with van der Waals surface area (Å²) in [7, 11) is -3.54. The molecule has 138 valence electrons. The van der Waals surface area contributed by atoms with Crippen LogP contribution in [-0.4, -0.2) is 37.5 Å². The molecule has 1 amide bonds. The molecular weight excluding hydrogens is 372 g/mol. The minimum Gasteiger partial charge on any atom is -0.308 e. The van der Waals surface area contributed by atoms with Gasteiger partial charge in [0.25, 0.3) is 0 Å². The van der Waals surface area contributed by atoms with Crippen LogP contribution in [0.15, 0.2) is 48.5 Å². The highest BCUT2D eigenvalue weighted by Crippen LogP contribution is 2.32. The third-order valence-electron chi connectivity index (χ3n) is 4.53. The Kier molecular flexibility index (Phi) is 5.37. The van der Waals surface area contributed by atoms with Crippen molar-refractivity contribution in [1.29, 1.82) is 0 Å². The average molecular weight is 393 g/mol. The van der Waals surface area contributed by atoms with Crippen molar-refractivity contribution in [1.82, 2.24) is 4.31 Å². The fourth-order valence-electron chi connectivity index (χ4n) is 3.26. The van der Waals surface area contributed by atoms with E-state index in [0.717, 1.165) is 29.5 Å². The lowest BCUT2D eigenvalue weighted by molar-refractivity contribution is -0.119. The number of anilines is 1. The first-order chi connectivity index (χ1) is 12.3. The maximum atomic E-state index is 12.9. The quantitative estimate of drug-likeness (QED) is 0.785. The molecule has 1 aliphatic rings. The van der Waals surface area contributed by atoms with E-state index < -0.39 is 10.0 Å². The minimum atomic E-state index is -3.54. The maximum Gasteiger partial charge on any atom is 0.242 e. The fraction of sp³-hybridized carbons (Fsp3) is 0.316. The van der Waals surface area contributed by atoms with Crippen LogP contribution in [0.25, 0.3) is 0 Å². The summed E-state index contributed by atoms with van der Waals surface area (Å²) >= 11 is 5.88.